The van der Waals surface area contributed by atoms with Crippen LogP contribution in [0.4, 0.5) is 5.69 Å². The normalized spacial score (nSPS) is 10.6. The molecule has 3 N–H and O–H groups in total. The molecule has 0 spiro atoms. The lowest BCUT2D eigenvalue weighted by atomic mass is 10.2. The molecule has 0 aliphatic heterocycles. The van der Waals surface area contributed by atoms with Crippen molar-refractivity contribution < 1.29 is 9.59 Å². The van der Waals surface area contributed by atoms with Crippen molar-refractivity contribution in [3.63, 3.8) is 0 Å². The van der Waals surface area contributed by atoms with Gasteiger partial charge < -0.3 is 11.1 Å². The van der Waals surface area contributed by atoms with Gasteiger partial charge in [0.2, 0.25) is 0 Å². The van der Waals surface area contributed by atoms with E-state index in [1.807, 2.05) is 13.8 Å². The first kappa shape index (κ1) is 14.8. The van der Waals surface area contributed by atoms with Crippen molar-refractivity contribution in [2.75, 3.05) is 5.32 Å². The van der Waals surface area contributed by atoms with Gasteiger partial charge in [-0.25, -0.2) is 0 Å². The minimum atomic E-state index is -0.634. The van der Waals surface area contributed by atoms with E-state index in [0.29, 0.717) is 30.0 Å². The van der Waals surface area contributed by atoms with E-state index in [2.05, 4.69) is 15.5 Å². The van der Waals surface area contributed by atoms with Crippen LogP contribution < -0.4 is 11.1 Å². The van der Waals surface area contributed by atoms with Gasteiger partial charge in [-0.15, -0.1) is 0 Å². The fourth-order valence-corrected chi connectivity index (χ4v) is 2.07. The highest BCUT2D eigenvalue weighted by atomic mass is 16.2. The smallest absolute Gasteiger partial charge is 0.269 e. The molecule has 0 radical (unpaired) electrons. The Labute approximate surface area is 121 Å². The molecule has 0 atom stereocenters. The van der Waals surface area contributed by atoms with E-state index >= 15 is 0 Å². The van der Waals surface area contributed by atoms with Gasteiger partial charge in [0, 0.05) is 19.3 Å². The highest BCUT2D eigenvalue weighted by Gasteiger charge is 2.19. The molecule has 2 aromatic heterocycles. The summed E-state index contributed by atoms with van der Waals surface area (Å²) < 4.78 is 3.12. The first-order valence-corrected chi connectivity index (χ1v) is 6.68. The summed E-state index contributed by atoms with van der Waals surface area (Å²) >= 11 is 0. The summed E-state index contributed by atoms with van der Waals surface area (Å²) in [6.07, 6.45) is 3.08. The average molecular weight is 290 g/mol. The summed E-state index contributed by atoms with van der Waals surface area (Å²) in [6.45, 7) is 6.69. The third-order valence-electron chi connectivity index (χ3n) is 3.14. The largest absolute Gasteiger partial charge is 0.364 e. The summed E-state index contributed by atoms with van der Waals surface area (Å²) in [6, 6.07) is 0. The Hall–Kier alpha value is -2.64. The number of hydrogen-bond acceptors (Lipinski definition) is 4. The van der Waals surface area contributed by atoms with E-state index < -0.39 is 5.91 Å². The van der Waals surface area contributed by atoms with Crippen LogP contribution >= 0.6 is 0 Å². The molecular weight excluding hydrogens is 272 g/mol. The third-order valence-corrected chi connectivity index (χ3v) is 3.14. The van der Waals surface area contributed by atoms with Crippen LogP contribution in [0.15, 0.2) is 12.4 Å². The van der Waals surface area contributed by atoms with Gasteiger partial charge in [0.25, 0.3) is 11.8 Å². The van der Waals surface area contributed by atoms with Crippen molar-refractivity contribution >= 4 is 17.5 Å². The van der Waals surface area contributed by atoms with E-state index in [1.165, 1.54) is 10.9 Å². The van der Waals surface area contributed by atoms with Gasteiger partial charge in [-0.3, -0.25) is 19.0 Å². The molecule has 2 heterocycles. The molecule has 8 heteroatoms. The molecule has 0 aliphatic rings. The van der Waals surface area contributed by atoms with Gasteiger partial charge in [-0.2, -0.15) is 10.2 Å². The second-order valence-corrected chi connectivity index (χ2v) is 4.52. The number of nitrogens with two attached hydrogens (primary N) is 1. The zero-order valence-electron chi connectivity index (χ0n) is 12.3. The quantitative estimate of drug-likeness (QED) is 0.848. The Balaban J connectivity index is 2.29. The number of anilines is 1. The van der Waals surface area contributed by atoms with Gasteiger partial charge in [0.15, 0.2) is 0 Å². The van der Waals surface area contributed by atoms with Gasteiger partial charge in [-0.1, -0.05) is 0 Å². The molecule has 0 saturated heterocycles. The second-order valence-electron chi connectivity index (χ2n) is 4.52. The Bertz CT molecular complexity index is 685. The van der Waals surface area contributed by atoms with Gasteiger partial charge in [0.1, 0.15) is 5.69 Å². The zero-order valence-corrected chi connectivity index (χ0v) is 12.3. The molecule has 0 aromatic carbocycles. The van der Waals surface area contributed by atoms with Crippen LogP contribution in [0.2, 0.25) is 0 Å². The average Bonchev–Trinajstić information content (AvgIpc) is 3.01. The molecule has 2 aromatic rings. The minimum Gasteiger partial charge on any atom is -0.364 e. The second kappa shape index (κ2) is 5.78. The fraction of sp³-hybridized carbons (Fsp3) is 0.385. The van der Waals surface area contributed by atoms with Gasteiger partial charge in [-0.05, 0) is 20.8 Å². The Morgan fingerprint density at radius 1 is 1.33 bits per heavy atom. The summed E-state index contributed by atoms with van der Waals surface area (Å²) in [5, 5.41) is 10.9. The third kappa shape index (κ3) is 2.78. The van der Waals surface area contributed by atoms with Crippen LogP contribution in [-0.4, -0.2) is 31.4 Å². The molecule has 2 amide bonds. The topological polar surface area (TPSA) is 108 Å². The lowest BCUT2D eigenvalue weighted by molar-refractivity contribution is 0.0991. The van der Waals surface area contributed by atoms with Crippen LogP contribution in [0.5, 0.6) is 0 Å². The van der Waals surface area contributed by atoms with Gasteiger partial charge >= 0.3 is 0 Å². The number of primary amides is 1. The van der Waals surface area contributed by atoms with Crippen molar-refractivity contribution in [3.05, 3.63) is 29.3 Å². The molecule has 0 saturated carbocycles. The monoisotopic (exact) mass is 290 g/mol. The maximum Gasteiger partial charge on any atom is 0.269 e. The summed E-state index contributed by atoms with van der Waals surface area (Å²) in [5.41, 5.74) is 6.91. The maximum absolute atomic E-state index is 12.3. The maximum atomic E-state index is 12.3. The van der Waals surface area contributed by atoms with Crippen molar-refractivity contribution in [2.45, 2.75) is 33.9 Å². The van der Waals surface area contributed by atoms with Crippen molar-refractivity contribution in [1.82, 2.24) is 19.6 Å². The molecule has 8 nitrogen and oxygen atoms in total. The number of aryl methyl sites for hydroxylation is 3. The van der Waals surface area contributed by atoms with Gasteiger partial charge in [0.05, 0.1) is 23.1 Å². The highest BCUT2D eigenvalue weighted by Crippen LogP contribution is 2.16. The summed E-state index contributed by atoms with van der Waals surface area (Å²) in [5.74, 6) is -0.976. The molecule has 21 heavy (non-hydrogen) atoms. The zero-order chi connectivity index (χ0) is 15.6. The number of rotatable bonds is 5. The molecule has 0 aliphatic carbocycles. The number of nitrogens with zero attached hydrogens (tertiary/aromatic N) is 4. The Morgan fingerprint density at radius 2 is 2.05 bits per heavy atom. The molecule has 0 fully saturated rings. The van der Waals surface area contributed by atoms with Crippen LogP contribution in [0.25, 0.3) is 0 Å². The highest BCUT2D eigenvalue weighted by molar-refractivity contribution is 6.08. The van der Waals surface area contributed by atoms with E-state index in [0.717, 1.165) is 0 Å². The van der Waals surface area contributed by atoms with Crippen LogP contribution in [0, 0.1) is 6.92 Å². The standard InChI is InChI=1S/C13H18N6O2/c1-4-18-7-9(8(3)17-18)13(21)16-10-6-15-19(5-2)11(10)12(14)20/h6-7H,4-5H2,1-3H3,(H2,14,20)(H,16,21). The Kier molecular flexibility index (Phi) is 4.06. The summed E-state index contributed by atoms with van der Waals surface area (Å²) in [7, 11) is 0. The predicted octanol–water partition coefficient (Wildman–Crippen LogP) is 0.779. The molecular formula is C13H18N6O2. The number of carbonyl (C=O) groups is 2. The number of hydrogen-bond donors (Lipinski definition) is 2. The van der Waals surface area contributed by atoms with Crippen LogP contribution in [0.3, 0.4) is 0 Å². The van der Waals surface area contributed by atoms with E-state index in [1.54, 1.807) is 17.8 Å². The lowest BCUT2D eigenvalue weighted by Gasteiger charge is -2.05. The van der Waals surface area contributed by atoms with Crippen molar-refractivity contribution in [1.29, 1.82) is 0 Å². The first-order chi connectivity index (χ1) is 9.97. The van der Waals surface area contributed by atoms with E-state index in [4.69, 9.17) is 5.73 Å². The van der Waals surface area contributed by atoms with Crippen molar-refractivity contribution in [3.8, 4) is 0 Å². The molecule has 0 unspecified atom stereocenters. The SMILES string of the molecule is CCn1cc(C(=O)Nc2cnn(CC)c2C(N)=O)c(C)n1. The van der Waals surface area contributed by atoms with E-state index in [9.17, 15) is 9.59 Å². The van der Waals surface area contributed by atoms with Crippen molar-refractivity contribution in [2.24, 2.45) is 5.73 Å². The molecule has 2 rings (SSSR count). The number of carbonyl (C=O) groups excluding carboxylic acids is 2. The minimum absolute atomic E-state index is 0.186. The number of amides is 2. The van der Waals surface area contributed by atoms with Crippen LogP contribution in [-0.2, 0) is 13.1 Å². The van der Waals surface area contributed by atoms with E-state index in [-0.39, 0.29) is 11.6 Å². The number of nitrogens with one attached hydrogen (secondary N) is 1. The first-order valence-electron chi connectivity index (χ1n) is 6.68. The number of aromatic nitrogens is 4. The molecule has 112 valence electrons. The van der Waals surface area contributed by atoms with Crippen LogP contribution in [0.1, 0.15) is 40.4 Å². The molecule has 0 bridgehead atoms. The lowest BCUT2D eigenvalue weighted by Crippen LogP contribution is -2.21. The predicted molar refractivity (Wildman–Crippen MR) is 77.0 cm³/mol. The summed E-state index contributed by atoms with van der Waals surface area (Å²) in [4.78, 5) is 23.8. The fourth-order valence-electron chi connectivity index (χ4n) is 2.07. The Morgan fingerprint density at radius 3 is 2.57 bits per heavy atom.